The van der Waals surface area contributed by atoms with E-state index in [1.165, 1.54) is 6.08 Å². The Morgan fingerprint density at radius 3 is 2.64 bits per heavy atom. The van der Waals surface area contributed by atoms with Crippen molar-refractivity contribution >= 4 is 29.6 Å². The summed E-state index contributed by atoms with van der Waals surface area (Å²) in [7, 11) is 0. The molecular weight excluding hydrogens is 302 g/mol. The molecular formula is C17H20ClNO3. The van der Waals surface area contributed by atoms with Gasteiger partial charge in [-0.1, -0.05) is 29.8 Å². The Morgan fingerprint density at radius 1 is 1.32 bits per heavy atom. The van der Waals surface area contributed by atoms with Crippen molar-refractivity contribution < 1.29 is 14.3 Å². The van der Waals surface area contributed by atoms with Crippen molar-refractivity contribution in [2.45, 2.75) is 19.8 Å². The number of hydrogen-bond acceptors (Lipinski definition) is 3. The number of esters is 1. The van der Waals surface area contributed by atoms with Crippen LogP contribution >= 0.6 is 11.6 Å². The fourth-order valence-electron chi connectivity index (χ4n) is 2.47. The second-order valence-corrected chi connectivity index (χ2v) is 5.61. The molecule has 1 saturated heterocycles. The maximum absolute atomic E-state index is 12.2. The van der Waals surface area contributed by atoms with Gasteiger partial charge >= 0.3 is 5.97 Å². The van der Waals surface area contributed by atoms with E-state index in [4.69, 9.17) is 16.3 Å². The lowest BCUT2D eigenvalue weighted by Gasteiger charge is -2.30. The summed E-state index contributed by atoms with van der Waals surface area (Å²) >= 11 is 6.05. The van der Waals surface area contributed by atoms with Crippen molar-refractivity contribution in [2.75, 3.05) is 19.7 Å². The average molecular weight is 322 g/mol. The minimum absolute atomic E-state index is 0.0535. The summed E-state index contributed by atoms with van der Waals surface area (Å²) in [4.78, 5) is 25.6. The molecule has 0 N–H and O–H groups in total. The molecule has 118 valence electrons. The van der Waals surface area contributed by atoms with Crippen molar-refractivity contribution in [2.24, 2.45) is 5.92 Å². The zero-order valence-corrected chi connectivity index (χ0v) is 13.4. The first-order valence-electron chi connectivity index (χ1n) is 7.50. The number of nitrogens with zero attached hydrogens (tertiary/aromatic N) is 1. The van der Waals surface area contributed by atoms with Gasteiger partial charge < -0.3 is 9.64 Å². The molecule has 4 nitrogen and oxygen atoms in total. The standard InChI is InChI=1S/C17H20ClNO3/c1-2-22-17(21)14-9-11-19(12-10-14)16(20)8-7-13-5-3-4-6-15(13)18/h3-8,14H,2,9-12H2,1H3. The molecule has 1 amide bonds. The largest absolute Gasteiger partial charge is 0.466 e. The number of ether oxygens (including phenoxy) is 1. The Hall–Kier alpha value is -1.81. The number of hydrogen-bond donors (Lipinski definition) is 0. The van der Waals surface area contributed by atoms with Gasteiger partial charge in [-0.05, 0) is 37.5 Å². The van der Waals surface area contributed by atoms with E-state index in [1.807, 2.05) is 18.2 Å². The first-order chi connectivity index (χ1) is 10.6. The lowest BCUT2D eigenvalue weighted by Crippen LogP contribution is -2.39. The second kappa shape index (κ2) is 7.99. The Labute approximate surface area is 135 Å². The molecule has 1 heterocycles. The van der Waals surface area contributed by atoms with Gasteiger partial charge in [0.25, 0.3) is 0 Å². The summed E-state index contributed by atoms with van der Waals surface area (Å²) < 4.78 is 5.02. The molecule has 1 aromatic carbocycles. The van der Waals surface area contributed by atoms with E-state index >= 15 is 0 Å². The predicted octanol–water partition coefficient (Wildman–Crippen LogP) is 3.15. The van der Waals surface area contributed by atoms with Crippen LogP contribution < -0.4 is 0 Å². The van der Waals surface area contributed by atoms with Gasteiger partial charge in [-0.2, -0.15) is 0 Å². The highest BCUT2D eigenvalue weighted by Crippen LogP contribution is 2.20. The van der Waals surface area contributed by atoms with E-state index < -0.39 is 0 Å². The summed E-state index contributed by atoms with van der Waals surface area (Å²) in [5, 5.41) is 0.618. The number of rotatable bonds is 4. The maximum atomic E-state index is 12.2. The Morgan fingerprint density at radius 2 is 2.00 bits per heavy atom. The van der Waals surface area contributed by atoms with E-state index in [2.05, 4.69) is 0 Å². The van der Waals surface area contributed by atoms with Gasteiger partial charge in [-0.15, -0.1) is 0 Å². The monoisotopic (exact) mass is 321 g/mol. The number of halogens is 1. The van der Waals surface area contributed by atoms with Crippen molar-refractivity contribution in [3.05, 3.63) is 40.9 Å². The van der Waals surface area contributed by atoms with Gasteiger partial charge in [0.1, 0.15) is 0 Å². The molecule has 1 aliphatic rings. The topological polar surface area (TPSA) is 46.6 Å². The van der Waals surface area contributed by atoms with Crippen LogP contribution in [-0.2, 0) is 14.3 Å². The summed E-state index contributed by atoms with van der Waals surface area (Å²) in [6, 6.07) is 7.37. The highest BCUT2D eigenvalue weighted by Gasteiger charge is 2.27. The first-order valence-corrected chi connectivity index (χ1v) is 7.87. The number of carbonyl (C=O) groups excluding carboxylic acids is 2. The molecule has 2 rings (SSSR count). The zero-order valence-electron chi connectivity index (χ0n) is 12.6. The Kier molecular flexibility index (Phi) is 6.01. The van der Waals surface area contributed by atoms with Crippen LogP contribution in [0.15, 0.2) is 30.3 Å². The lowest BCUT2D eigenvalue weighted by atomic mass is 9.97. The van der Waals surface area contributed by atoms with Crippen LogP contribution in [0.5, 0.6) is 0 Å². The van der Waals surface area contributed by atoms with Gasteiger partial charge in [-0.25, -0.2) is 0 Å². The third-order valence-corrected chi connectivity index (χ3v) is 4.08. The fraction of sp³-hybridized carbons (Fsp3) is 0.412. The SMILES string of the molecule is CCOC(=O)C1CCN(C(=O)C=Cc2ccccc2Cl)CC1. The highest BCUT2D eigenvalue weighted by atomic mass is 35.5. The molecule has 0 unspecified atom stereocenters. The average Bonchev–Trinajstić information content (AvgIpc) is 2.54. The molecule has 0 radical (unpaired) electrons. The van der Waals surface area contributed by atoms with Crippen LogP contribution in [0.4, 0.5) is 0 Å². The van der Waals surface area contributed by atoms with Crippen LogP contribution in [0, 0.1) is 5.92 Å². The van der Waals surface area contributed by atoms with Crippen molar-refractivity contribution in [3.63, 3.8) is 0 Å². The summed E-state index contributed by atoms with van der Waals surface area (Å²) in [6.45, 7) is 3.36. The van der Waals surface area contributed by atoms with E-state index in [9.17, 15) is 9.59 Å². The minimum atomic E-state index is -0.152. The number of amides is 1. The van der Waals surface area contributed by atoms with Gasteiger partial charge in [0.05, 0.1) is 12.5 Å². The lowest BCUT2D eigenvalue weighted by molar-refractivity contribution is -0.150. The Bertz CT molecular complexity index is 563. The van der Waals surface area contributed by atoms with Crippen molar-refractivity contribution in [3.8, 4) is 0 Å². The summed E-state index contributed by atoms with van der Waals surface area (Å²) in [5.41, 5.74) is 0.818. The molecule has 0 saturated carbocycles. The third-order valence-electron chi connectivity index (χ3n) is 3.74. The number of carbonyl (C=O) groups is 2. The molecule has 0 spiro atoms. The predicted molar refractivity (Wildman–Crippen MR) is 86.4 cm³/mol. The van der Waals surface area contributed by atoms with Crippen LogP contribution in [-0.4, -0.2) is 36.5 Å². The Balaban J connectivity index is 1.88. The van der Waals surface area contributed by atoms with Crippen LogP contribution in [0.3, 0.4) is 0 Å². The number of piperidine rings is 1. The van der Waals surface area contributed by atoms with Gasteiger partial charge in [0, 0.05) is 24.2 Å². The summed E-state index contributed by atoms with van der Waals surface area (Å²) in [5.74, 6) is -0.292. The van der Waals surface area contributed by atoms with Crippen LogP contribution in [0.25, 0.3) is 6.08 Å². The number of likely N-dealkylation sites (tertiary alicyclic amines) is 1. The molecule has 1 aromatic rings. The molecule has 0 aromatic heterocycles. The molecule has 1 aliphatic heterocycles. The van der Waals surface area contributed by atoms with Crippen LogP contribution in [0.1, 0.15) is 25.3 Å². The van der Waals surface area contributed by atoms with Gasteiger partial charge in [0.2, 0.25) is 5.91 Å². The third kappa shape index (κ3) is 4.34. The smallest absolute Gasteiger partial charge is 0.309 e. The normalized spacial score (nSPS) is 16.0. The minimum Gasteiger partial charge on any atom is -0.466 e. The van der Waals surface area contributed by atoms with Gasteiger partial charge in [-0.3, -0.25) is 9.59 Å². The van der Waals surface area contributed by atoms with E-state index in [0.29, 0.717) is 37.6 Å². The molecule has 0 aliphatic carbocycles. The maximum Gasteiger partial charge on any atom is 0.309 e. The molecule has 5 heteroatoms. The van der Waals surface area contributed by atoms with Gasteiger partial charge in [0.15, 0.2) is 0 Å². The number of benzene rings is 1. The second-order valence-electron chi connectivity index (χ2n) is 5.21. The molecule has 1 fully saturated rings. The fourth-order valence-corrected chi connectivity index (χ4v) is 2.67. The highest BCUT2D eigenvalue weighted by molar-refractivity contribution is 6.32. The van der Waals surface area contributed by atoms with E-state index in [0.717, 1.165) is 5.56 Å². The quantitative estimate of drug-likeness (QED) is 0.632. The van der Waals surface area contributed by atoms with E-state index in [-0.39, 0.29) is 17.8 Å². The van der Waals surface area contributed by atoms with Crippen molar-refractivity contribution in [1.29, 1.82) is 0 Å². The molecule has 0 bridgehead atoms. The van der Waals surface area contributed by atoms with E-state index in [1.54, 1.807) is 24.0 Å². The molecule has 0 atom stereocenters. The summed E-state index contributed by atoms with van der Waals surface area (Å²) in [6.07, 6.45) is 4.57. The van der Waals surface area contributed by atoms with Crippen molar-refractivity contribution in [1.82, 2.24) is 4.90 Å². The van der Waals surface area contributed by atoms with Crippen LogP contribution in [0.2, 0.25) is 5.02 Å². The molecule has 22 heavy (non-hydrogen) atoms. The zero-order chi connectivity index (χ0) is 15.9. The first kappa shape index (κ1) is 16.6.